The average Bonchev–Trinajstić information content (AvgIpc) is 2.21. The Kier molecular flexibility index (Phi) is 4.87. The summed E-state index contributed by atoms with van der Waals surface area (Å²) in [5, 5.41) is 0. The van der Waals surface area contributed by atoms with Gasteiger partial charge in [-0.05, 0) is 37.5 Å². The van der Waals surface area contributed by atoms with Gasteiger partial charge in [0.2, 0.25) is 0 Å². The first kappa shape index (κ1) is 13.1. The number of carbonyl (C=O) groups excluding carboxylic acids is 1. The first-order chi connectivity index (χ1) is 7.54. The SMILES string of the molecule is CCCC(=O)CS(=O)c1cc(C)ccc1C. The van der Waals surface area contributed by atoms with E-state index in [0.29, 0.717) is 6.42 Å². The molecule has 0 heterocycles. The summed E-state index contributed by atoms with van der Waals surface area (Å²) >= 11 is 0. The third-order valence-corrected chi connectivity index (χ3v) is 3.92. The van der Waals surface area contributed by atoms with E-state index in [4.69, 9.17) is 0 Å². The lowest BCUT2D eigenvalue weighted by atomic mass is 10.2. The van der Waals surface area contributed by atoms with Crippen LogP contribution in [0.25, 0.3) is 0 Å². The van der Waals surface area contributed by atoms with Crippen LogP contribution in [-0.4, -0.2) is 15.7 Å². The average molecular weight is 238 g/mol. The molecule has 0 saturated heterocycles. The van der Waals surface area contributed by atoms with E-state index in [1.807, 2.05) is 39.0 Å². The quantitative estimate of drug-likeness (QED) is 0.790. The summed E-state index contributed by atoms with van der Waals surface area (Å²) in [6.45, 7) is 5.85. The lowest BCUT2D eigenvalue weighted by Crippen LogP contribution is -2.11. The van der Waals surface area contributed by atoms with Crippen LogP contribution in [0.2, 0.25) is 0 Å². The van der Waals surface area contributed by atoms with Gasteiger partial charge in [0, 0.05) is 11.3 Å². The van der Waals surface area contributed by atoms with Crippen LogP contribution in [0.15, 0.2) is 23.1 Å². The minimum absolute atomic E-state index is 0.0849. The van der Waals surface area contributed by atoms with Crippen molar-refractivity contribution in [2.75, 3.05) is 5.75 Å². The molecule has 0 bridgehead atoms. The molecule has 1 atom stereocenters. The van der Waals surface area contributed by atoms with E-state index in [0.717, 1.165) is 22.4 Å². The zero-order chi connectivity index (χ0) is 12.1. The van der Waals surface area contributed by atoms with Gasteiger partial charge in [0.25, 0.3) is 0 Å². The molecule has 1 aromatic rings. The summed E-state index contributed by atoms with van der Waals surface area (Å²) < 4.78 is 12.0. The smallest absolute Gasteiger partial charge is 0.145 e. The maximum Gasteiger partial charge on any atom is 0.145 e. The van der Waals surface area contributed by atoms with E-state index in [1.165, 1.54) is 0 Å². The molecule has 2 nitrogen and oxygen atoms in total. The molecular formula is C13H18O2S. The van der Waals surface area contributed by atoms with Crippen LogP contribution in [0.4, 0.5) is 0 Å². The van der Waals surface area contributed by atoms with Gasteiger partial charge in [0.15, 0.2) is 0 Å². The second-order valence-corrected chi connectivity index (χ2v) is 5.47. The van der Waals surface area contributed by atoms with Crippen molar-refractivity contribution in [2.24, 2.45) is 0 Å². The highest BCUT2D eigenvalue weighted by Crippen LogP contribution is 2.15. The van der Waals surface area contributed by atoms with Crippen molar-refractivity contribution in [3.8, 4) is 0 Å². The molecule has 1 unspecified atom stereocenters. The minimum Gasteiger partial charge on any atom is -0.299 e. The zero-order valence-corrected chi connectivity index (χ0v) is 10.9. The van der Waals surface area contributed by atoms with Gasteiger partial charge in [0.1, 0.15) is 5.78 Å². The van der Waals surface area contributed by atoms with Gasteiger partial charge in [0.05, 0.1) is 16.6 Å². The maximum atomic E-state index is 12.0. The Morgan fingerprint density at radius 1 is 1.31 bits per heavy atom. The van der Waals surface area contributed by atoms with Gasteiger partial charge in [-0.15, -0.1) is 0 Å². The Morgan fingerprint density at radius 3 is 2.62 bits per heavy atom. The Labute approximate surface area is 99.5 Å². The van der Waals surface area contributed by atoms with Crippen molar-refractivity contribution < 1.29 is 9.00 Å². The molecule has 0 aliphatic heterocycles. The number of hydrogen-bond acceptors (Lipinski definition) is 2. The highest BCUT2D eigenvalue weighted by atomic mass is 32.2. The fraction of sp³-hybridized carbons (Fsp3) is 0.462. The minimum atomic E-state index is -1.19. The molecule has 0 aliphatic rings. The third kappa shape index (κ3) is 3.56. The van der Waals surface area contributed by atoms with Crippen LogP contribution < -0.4 is 0 Å². The topological polar surface area (TPSA) is 34.1 Å². The number of Topliss-reactive ketones (excluding diaryl/α,β-unsaturated/α-hetero) is 1. The van der Waals surface area contributed by atoms with Gasteiger partial charge >= 0.3 is 0 Å². The second kappa shape index (κ2) is 5.94. The van der Waals surface area contributed by atoms with Crippen molar-refractivity contribution in [1.29, 1.82) is 0 Å². The largest absolute Gasteiger partial charge is 0.299 e. The molecule has 1 aromatic carbocycles. The van der Waals surface area contributed by atoms with Crippen molar-refractivity contribution in [1.82, 2.24) is 0 Å². The van der Waals surface area contributed by atoms with E-state index in [-0.39, 0.29) is 11.5 Å². The molecule has 16 heavy (non-hydrogen) atoms. The number of benzene rings is 1. The predicted octanol–water partition coefficient (Wildman–Crippen LogP) is 2.78. The molecule has 0 spiro atoms. The van der Waals surface area contributed by atoms with Crippen LogP contribution in [0.5, 0.6) is 0 Å². The number of ketones is 1. The molecule has 0 fully saturated rings. The lowest BCUT2D eigenvalue weighted by molar-refractivity contribution is -0.116. The molecule has 3 heteroatoms. The van der Waals surface area contributed by atoms with Crippen molar-refractivity contribution in [3.05, 3.63) is 29.3 Å². The Balaban J connectivity index is 2.80. The summed E-state index contributed by atoms with van der Waals surface area (Å²) in [5.74, 6) is 0.236. The molecule has 0 aliphatic carbocycles. The van der Waals surface area contributed by atoms with Gasteiger partial charge in [-0.25, -0.2) is 0 Å². The van der Waals surface area contributed by atoms with Crippen molar-refractivity contribution >= 4 is 16.6 Å². The standard InChI is InChI=1S/C13H18O2S/c1-4-5-12(14)9-16(15)13-8-10(2)6-7-11(13)3/h6-8H,4-5,9H2,1-3H3. The maximum absolute atomic E-state index is 12.0. The Morgan fingerprint density at radius 2 is 2.00 bits per heavy atom. The van der Waals surface area contributed by atoms with E-state index >= 15 is 0 Å². The fourth-order valence-corrected chi connectivity index (χ4v) is 2.86. The summed E-state index contributed by atoms with van der Waals surface area (Å²) in [5.41, 5.74) is 2.07. The molecule has 0 N–H and O–H groups in total. The van der Waals surface area contributed by atoms with E-state index < -0.39 is 10.8 Å². The molecule has 88 valence electrons. The highest BCUT2D eigenvalue weighted by molar-refractivity contribution is 7.85. The molecule has 0 radical (unpaired) electrons. The Bertz CT molecular complexity index is 410. The number of aryl methyl sites for hydroxylation is 2. The first-order valence-corrected chi connectivity index (χ1v) is 6.83. The monoisotopic (exact) mass is 238 g/mol. The number of hydrogen-bond donors (Lipinski definition) is 0. The summed E-state index contributed by atoms with van der Waals surface area (Å²) in [6, 6.07) is 5.85. The zero-order valence-electron chi connectivity index (χ0n) is 10.1. The summed E-state index contributed by atoms with van der Waals surface area (Å²) in [6.07, 6.45) is 1.35. The molecular weight excluding hydrogens is 220 g/mol. The van der Waals surface area contributed by atoms with E-state index in [2.05, 4.69) is 0 Å². The van der Waals surface area contributed by atoms with Crippen LogP contribution >= 0.6 is 0 Å². The van der Waals surface area contributed by atoms with Crippen LogP contribution in [-0.2, 0) is 15.6 Å². The first-order valence-electron chi connectivity index (χ1n) is 5.52. The van der Waals surface area contributed by atoms with Crippen molar-refractivity contribution in [2.45, 2.75) is 38.5 Å². The van der Waals surface area contributed by atoms with Gasteiger partial charge in [-0.2, -0.15) is 0 Å². The lowest BCUT2D eigenvalue weighted by Gasteiger charge is -2.06. The number of rotatable bonds is 5. The fourth-order valence-electron chi connectivity index (χ4n) is 1.53. The predicted molar refractivity (Wildman–Crippen MR) is 67.1 cm³/mol. The normalized spacial score (nSPS) is 12.4. The van der Waals surface area contributed by atoms with Gasteiger partial charge < -0.3 is 0 Å². The summed E-state index contributed by atoms with van der Waals surface area (Å²) in [7, 11) is -1.19. The highest BCUT2D eigenvalue weighted by Gasteiger charge is 2.11. The van der Waals surface area contributed by atoms with Crippen molar-refractivity contribution in [3.63, 3.8) is 0 Å². The third-order valence-electron chi connectivity index (χ3n) is 2.41. The van der Waals surface area contributed by atoms with E-state index in [9.17, 15) is 9.00 Å². The van der Waals surface area contributed by atoms with Gasteiger partial charge in [-0.3, -0.25) is 9.00 Å². The van der Waals surface area contributed by atoms with Crippen LogP contribution in [0, 0.1) is 13.8 Å². The van der Waals surface area contributed by atoms with Gasteiger partial charge in [-0.1, -0.05) is 19.1 Å². The van der Waals surface area contributed by atoms with E-state index in [1.54, 1.807) is 0 Å². The molecule has 0 saturated carbocycles. The van der Waals surface area contributed by atoms with Crippen LogP contribution in [0.3, 0.4) is 0 Å². The second-order valence-electron chi connectivity index (χ2n) is 4.05. The summed E-state index contributed by atoms with van der Waals surface area (Å²) in [4.78, 5) is 12.2. The molecule has 1 rings (SSSR count). The molecule has 0 amide bonds. The Hall–Kier alpha value is -0.960. The van der Waals surface area contributed by atoms with Crippen LogP contribution in [0.1, 0.15) is 30.9 Å². The molecule has 0 aromatic heterocycles. The number of carbonyl (C=O) groups is 1.